The lowest BCUT2D eigenvalue weighted by molar-refractivity contribution is 0.0740. The third-order valence-electron chi connectivity index (χ3n) is 4.55. The molecule has 1 aromatic carbocycles. The van der Waals surface area contributed by atoms with Crippen molar-refractivity contribution in [2.24, 2.45) is 0 Å². The number of rotatable bonds is 4. The number of aryl methyl sites for hydroxylation is 1. The molecule has 0 radical (unpaired) electrons. The Morgan fingerprint density at radius 1 is 0.964 bits per heavy atom. The Labute approximate surface area is 163 Å². The fourth-order valence-corrected chi connectivity index (χ4v) is 3.12. The minimum atomic E-state index is -0.0941. The van der Waals surface area contributed by atoms with Crippen molar-refractivity contribution in [2.75, 3.05) is 36.4 Å². The molecule has 0 saturated carbocycles. The van der Waals surface area contributed by atoms with Gasteiger partial charge in [-0.15, -0.1) is 0 Å². The Balaban J connectivity index is 1.41. The van der Waals surface area contributed by atoms with Gasteiger partial charge in [0.1, 0.15) is 5.69 Å². The smallest absolute Gasteiger partial charge is 0.272 e. The summed E-state index contributed by atoms with van der Waals surface area (Å²) in [6.45, 7) is 4.60. The zero-order chi connectivity index (χ0) is 19.3. The Morgan fingerprint density at radius 3 is 2.50 bits per heavy atom. The van der Waals surface area contributed by atoms with E-state index in [-0.39, 0.29) is 5.91 Å². The molecule has 0 bridgehead atoms. The van der Waals surface area contributed by atoms with Crippen molar-refractivity contribution in [3.8, 4) is 0 Å². The minimum absolute atomic E-state index is 0.0941. The van der Waals surface area contributed by atoms with Crippen molar-refractivity contribution in [3.05, 3.63) is 66.2 Å². The van der Waals surface area contributed by atoms with Gasteiger partial charge in [0.15, 0.2) is 0 Å². The third kappa shape index (κ3) is 4.06. The second kappa shape index (κ2) is 7.99. The summed E-state index contributed by atoms with van der Waals surface area (Å²) in [7, 11) is 0. The number of anilines is 3. The Morgan fingerprint density at radius 2 is 1.75 bits per heavy atom. The van der Waals surface area contributed by atoms with E-state index in [0.29, 0.717) is 43.8 Å². The lowest BCUT2D eigenvalue weighted by atomic mass is 10.2. The maximum absolute atomic E-state index is 12.9. The van der Waals surface area contributed by atoms with Gasteiger partial charge >= 0.3 is 0 Å². The molecular weight excluding hydrogens is 354 g/mol. The molecule has 8 nitrogen and oxygen atoms in total. The predicted octanol–water partition coefficient (Wildman–Crippen LogP) is 2.28. The van der Waals surface area contributed by atoms with E-state index in [1.54, 1.807) is 35.6 Å². The highest BCUT2D eigenvalue weighted by Gasteiger charge is 2.24. The number of amides is 1. The van der Waals surface area contributed by atoms with Crippen LogP contribution >= 0.6 is 0 Å². The summed E-state index contributed by atoms with van der Waals surface area (Å²) in [5.41, 5.74) is 2.41. The topological polar surface area (TPSA) is 87.1 Å². The molecule has 0 unspecified atom stereocenters. The number of nitrogens with zero attached hydrogens (tertiary/aromatic N) is 6. The first-order valence-corrected chi connectivity index (χ1v) is 9.17. The summed E-state index contributed by atoms with van der Waals surface area (Å²) in [5, 5.41) is 3.15. The summed E-state index contributed by atoms with van der Waals surface area (Å²) in [6.07, 6.45) is 5.05. The molecule has 4 rings (SSSR count). The van der Waals surface area contributed by atoms with Gasteiger partial charge in [-0.25, -0.2) is 19.9 Å². The van der Waals surface area contributed by atoms with Crippen LogP contribution in [0.2, 0.25) is 0 Å². The number of piperazine rings is 1. The van der Waals surface area contributed by atoms with E-state index in [0.717, 1.165) is 11.3 Å². The quantitative estimate of drug-likeness (QED) is 0.748. The normalized spacial score (nSPS) is 14.0. The standard InChI is InChI=1S/C20H21N7O/c1-15-4-2-5-16(14-15)24-19-21-9-6-17(25-19)18(28)26-10-12-27(13-11-26)20-22-7-3-8-23-20/h2-9,14H,10-13H2,1H3,(H,21,24,25). The maximum Gasteiger partial charge on any atom is 0.272 e. The number of carbonyl (C=O) groups is 1. The molecule has 1 amide bonds. The van der Waals surface area contributed by atoms with Crippen LogP contribution in [0.1, 0.15) is 16.1 Å². The minimum Gasteiger partial charge on any atom is -0.337 e. The van der Waals surface area contributed by atoms with Gasteiger partial charge < -0.3 is 15.1 Å². The zero-order valence-corrected chi connectivity index (χ0v) is 15.6. The molecule has 3 aromatic rings. The lowest BCUT2D eigenvalue weighted by Crippen LogP contribution is -2.49. The first kappa shape index (κ1) is 17.8. The fourth-order valence-electron chi connectivity index (χ4n) is 3.12. The summed E-state index contributed by atoms with van der Waals surface area (Å²) >= 11 is 0. The maximum atomic E-state index is 12.9. The molecule has 8 heteroatoms. The molecule has 1 aliphatic heterocycles. The van der Waals surface area contributed by atoms with Crippen LogP contribution < -0.4 is 10.2 Å². The van der Waals surface area contributed by atoms with Gasteiger partial charge in [-0.05, 0) is 36.8 Å². The third-order valence-corrected chi connectivity index (χ3v) is 4.55. The van der Waals surface area contributed by atoms with Crippen molar-refractivity contribution in [2.45, 2.75) is 6.92 Å². The summed E-state index contributed by atoms with van der Waals surface area (Å²) < 4.78 is 0. The van der Waals surface area contributed by atoms with Crippen LogP contribution in [0.5, 0.6) is 0 Å². The monoisotopic (exact) mass is 375 g/mol. The van der Waals surface area contributed by atoms with Gasteiger partial charge in [0.25, 0.3) is 5.91 Å². The van der Waals surface area contributed by atoms with Crippen LogP contribution in [0, 0.1) is 6.92 Å². The number of carbonyl (C=O) groups excluding carboxylic acids is 1. The lowest BCUT2D eigenvalue weighted by Gasteiger charge is -2.34. The van der Waals surface area contributed by atoms with Crippen LogP contribution in [0.4, 0.5) is 17.6 Å². The molecule has 3 heterocycles. The average molecular weight is 375 g/mol. The highest BCUT2D eigenvalue weighted by Crippen LogP contribution is 2.16. The summed E-state index contributed by atoms with van der Waals surface area (Å²) in [4.78, 5) is 33.9. The van der Waals surface area contributed by atoms with E-state index in [1.165, 1.54) is 0 Å². The predicted molar refractivity (Wildman–Crippen MR) is 107 cm³/mol. The van der Waals surface area contributed by atoms with Gasteiger partial charge in [-0.3, -0.25) is 4.79 Å². The van der Waals surface area contributed by atoms with E-state index in [1.807, 2.05) is 31.2 Å². The molecule has 0 aliphatic carbocycles. The average Bonchev–Trinajstić information content (AvgIpc) is 2.74. The molecule has 28 heavy (non-hydrogen) atoms. The first-order valence-electron chi connectivity index (χ1n) is 9.17. The Kier molecular flexibility index (Phi) is 5.09. The number of aromatic nitrogens is 4. The number of nitrogens with one attached hydrogen (secondary N) is 1. The highest BCUT2D eigenvalue weighted by atomic mass is 16.2. The molecule has 1 N–H and O–H groups in total. The van der Waals surface area contributed by atoms with E-state index < -0.39 is 0 Å². The van der Waals surface area contributed by atoms with Crippen molar-refractivity contribution in [1.29, 1.82) is 0 Å². The second-order valence-corrected chi connectivity index (χ2v) is 6.59. The van der Waals surface area contributed by atoms with Crippen molar-refractivity contribution in [1.82, 2.24) is 24.8 Å². The Hall–Kier alpha value is -3.55. The first-order chi connectivity index (χ1) is 13.7. The van der Waals surface area contributed by atoms with Crippen molar-refractivity contribution >= 4 is 23.5 Å². The van der Waals surface area contributed by atoms with Gasteiger partial charge in [-0.2, -0.15) is 0 Å². The molecule has 0 spiro atoms. The van der Waals surface area contributed by atoms with Crippen LogP contribution in [0.25, 0.3) is 0 Å². The zero-order valence-electron chi connectivity index (χ0n) is 15.6. The highest BCUT2D eigenvalue weighted by molar-refractivity contribution is 5.92. The van der Waals surface area contributed by atoms with Crippen LogP contribution in [0.3, 0.4) is 0 Å². The van der Waals surface area contributed by atoms with Crippen LogP contribution in [0.15, 0.2) is 55.0 Å². The molecule has 1 fully saturated rings. The largest absolute Gasteiger partial charge is 0.337 e. The second-order valence-electron chi connectivity index (χ2n) is 6.59. The van der Waals surface area contributed by atoms with Gasteiger partial charge in [0, 0.05) is 50.5 Å². The van der Waals surface area contributed by atoms with E-state index in [2.05, 4.69) is 30.2 Å². The van der Waals surface area contributed by atoms with Crippen molar-refractivity contribution in [3.63, 3.8) is 0 Å². The number of benzene rings is 1. The molecule has 2 aromatic heterocycles. The van der Waals surface area contributed by atoms with Gasteiger partial charge in [0.2, 0.25) is 11.9 Å². The molecule has 1 aliphatic rings. The van der Waals surface area contributed by atoms with Crippen LogP contribution in [-0.2, 0) is 0 Å². The Bertz CT molecular complexity index is 956. The fraction of sp³-hybridized carbons (Fsp3) is 0.250. The molecule has 1 saturated heterocycles. The SMILES string of the molecule is Cc1cccc(Nc2nccc(C(=O)N3CCN(c4ncccn4)CC3)n2)c1. The van der Waals surface area contributed by atoms with E-state index in [4.69, 9.17) is 0 Å². The summed E-state index contributed by atoms with van der Waals surface area (Å²) in [6, 6.07) is 11.4. The van der Waals surface area contributed by atoms with Gasteiger partial charge in [0.05, 0.1) is 0 Å². The van der Waals surface area contributed by atoms with Gasteiger partial charge in [-0.1, -0.05) is 12.1 Å². The van der Waals surface area contributed by atoms with Crippen LogP contribution in [-0.4, -0.2) is 56.9 Å². The number of hydrogen-bond donors (Lipinski definition) is 1. The molecule has 0 atom stereocenters. The molecular formula is C20H21N7O. The molecule has 142 valence electrons. The van der Waals surface area contributed by atoms with E-state index in [9.17, 15) is 4.79 Å². The number of hydrogen-bond acceptors (Lipinski definition) is 7. The van der Waals surface area contributed by atoms with E-state index >= 15 is 0 Å². The van der Waals surface area contributed by atoms with Crippen molar-refractivity contribution < 1.29 is 4.79 Å². The summed E-state index contributed by atoms with van der Waals surface area (Å²) in [5.74, 6) is 1.01.